The highest BCUT2D eigenvalue weighted by Gasteiger charge is 2.24. The van der Waals surface area contributed by atoms with Gasteiger partial charge < -0.3 is 5.32 Å². The normalized spacial score (nSPS) is 11.1. The second kappa shape index (κ2) is 7.97. The highest BCUT2D eigenvalue weighted by molar-refractivity contribution is 7.92. The van der Waals surface area contributed by atoms with Crippen molar-refractivity contribution < 1.29 is 13.2 Å². The van der Waals surface area contributed by atoms with Crippen molar-refractivity contribution in [2.24, 2.45) is 0 Å². The number of nitrogens with one attached hydrogen (secondary N) is 1. The van der Waals surface area contributed by atoms with Gasteiger partial charge >= 0.3 is 0 Å². The van der Waals surface area contributed by atoms with E-state index in [0.29, 0.717) is 24.3 Å². The molecule has 2 rings (SSSR count). The summed E-state index contributed by atoms with van der Waals surface area (Å²) >= 11 is 0. The Morgan fingerprint density at radius 3 is 2.38 bits per heavy atom. The first-order chi connectivity index (χ1) is 11.5. The lowest BCUT2D eigenvalue weighted by Crippen LogP contribution is -2.31. The zero-order valence-electron chi connectivity index (χ0n) is 13.9. The van der Waals surface area contributed by atoms with E-state index < -0.39 is 10.0 Å². The van der Waals surface area contributed by atoms with Crippen LogP contribution >= 0.6 is 0 Å². The van der Waals surface area contributed by atoms with Gasteiger partial charge in [0.2, 0.25) is 0 Å². The molecule has 24 heavy (non-hydrogen) atoms. The van der Waals surface area contributed by atoms with E-state index in [1.165, 1.54) is 16.4 Å². The summed E-state index contributed by atoms with van der Waals surface area (Å²) in [6, 6.07) is 15.1. The number of hydrogen-bond acceptors (Lipinski definition) is 3. The molecule has 0 aliphatic carbocycles. The minimum Gasteiger partial charge on any atom is -0.352 e. The van der Waals surface area contributed by atoms with Gasteiger partial charge in [-0.25, -0.2) is 8.42 Å². The van der Waals surface area contributed by atoms with E-state index in [-0.39, 0.29) is 10.8 Å². The lowest BCUT2D eigenvalue weighted by atomic mass is 10.2. The Labute approximate surface area is 143 Å². The fourth-order valence-corrected chi connectivity index (χ4v) is 3.87. The van der Waals surface area contributed by atoms with Crippen LogP contribution in [-0.2, 0) is 10.0 Å². The van der Waals surface area contributed by atoms with Gasteiger partial charge in [-0.15, -0.1) is 0 Å². The van der Waals surface area contributed by atoms with Crippen LogP contribution in [0.1, 0.15) is 30.6 Å². The molecule has 0 saturated carbocycles. The highest BCUT2D eigenvalue weighted by atomic mass is 32.2. The number of sulfonamides is 1. The smallest absolute Gasteiger partial charge is 0.264 e. The summed E-state index contributed by atoms with van der Waals surface area (Å²) in [4.78, 5) is 12.2. The van der Waals surface area contributed by atoms with E-state index >= 15 is 0 Å². The largest absolute Gasteiger partial charge is 0.352 e. The predicted octanol–water partition coefficient (Wildman–Crippen LogP) is 3.04. The van der Waals surface area contributed by atoms with Crippen LogP contribution in [0.4, 0.5) is 5.69 Å². The summed E-state index contributed by atoms with van der Waals surface area (Å²) in [5.41, 5.74) is 0.939. The fraction of sp³-hybridized carbons (Fsp3) is 0.278. The van der Waals surface area contributed by atoms with Crippen LogP contribution in [-0.4, -0.2) is 27.4 Å². The first kappa shape index (κ1) is 18.0. The molecule has 0 bridgehead atoms. The van der Waals surface area contributed by atoms with Crippen molar-refractivity contribution >= 4 is 21.6 Å². The van der Waals surface area contributed by atoms with Crippen LogP contribution < -0.4 is 9.62 Å². The lowest BCUT2D eigenvalue weighted by Gasteiger charge is -2.23. The summed E-state index contributed by atoms with van der Waals surface area (Å²) in [7, 11) is -3.73. The van der Waals surface area contributed by atoms with E-state index in [4.69, 9.17) is 0 Å². The minimum absolute atomic E-state index is 0.109. The van der Waals surface area contributed by atoms with E-state index in [9.17, 15) is 13.2 Å². The van der Waals surface area contributed by atoms with E-state index in [1.807, 2.05) is 13.0 Å². The van der Waals surface area contributed by atoms with E-state index in [0.717, 1.165) is 6.42 Å². The Balaban J connectivity index is 2.37. The van der Waals surface area contributed by atoms with Crippen LogP contribution in [0.15, 0.2) is 59.5 Å². The highest BCUT2D eigenvalue weighted by Crippen LogP contribution is 2.23. The van der Waals surface area contributed by atoms with Gasteiger partial charge in [0, 0.05) is 18.7 Å². The topological polar surface area (TPSA) is 66.5 Å². The molecule has 2 aromatic rings. The fourth-order valence-electron chi connectivity index (χ4n) is 2.35. The van der Waals surface area contributed by atoms with Crippen LogP contribution in [0.2, 0.25) is 0 Å². The molecule has 128 valence electrons. The minimum atomic E-state index is -3.73. The molecule has 0 unspecified atom stereocenters. The monoisotopic (exact) mass is 346 g/mol. The molecule has 0 saturated heterocycles. The molecule has 5 nitrogen and oxygen atoms in total. The number of para-hydroxylation sites is 1. The van der Waals surface area contributed by atoms with Gasteiger partial charge in [-0.3, -0.25) is 9.10 Å². The average Bonchev–Trinajstić information content (AvgIpc) is 2.61. The van der Waals surface area contributed by atoms with Gasteiger partial charge in [0.15, 0.2) is 0 Å². The van der Waals surface area contributed by atoms with Gasteiger partial charge in [0.05, 0.1) is 10.6 Å². The molecule has 0 spiro atoms. The van der Waals surface area contributed by atoms with Crippen molar-refractivity contribution in [1.29, 1.82) is 0 Å². The quantitative estimate of drug-likeness (QED) is 0.838. The third-order valence-corrected chi connectivity index (χ3v) is 5.45. The maximum atomic E-state index is 12.9. The van der Waals surface area contributed by atoms with Gasteiger partial charge in [-0.1, -0.05) is 31.2 Å². The van der Waals surface area contributed by atoms with Crippen molar-refractivity contribution in [2.45, 2.75) is 25.2 Å². The maximum absolute atomic E-state index is 12.9. The summed E-state index contributed by atoms with van der Waals surface area (Å²) in [5, 5.41) is 2.75. The van der Waals surface area contributed by atoms with E-state index in [2.05, 4.69) is 5.32 Å². The number of carbonyl (C=O) groups is 1. The predicted molar refractivity (Wildman–Crippen MR) is 95.7 cm³/mol. The van der Waals surface area contributed by atoms with Gasteiger partial charge in [0.1, 0.15) is 0 Å². The molecular formula is C18H22N2O3S. The molecule has 0 atom stereocenters. The summed E-state index contributed by atoms with van der Waals surface area (Å²) in [6.45, 7) is 4.60. The van der Waals surface area contributed by atoms with Crippen molar-refractivity contribution in [1.82, 2.24) is 5.32 Å². The lowest BCUT2D eigenvalue weighted by molar-refractivity contribution is 0.0953. The first-order valence-corrected chi connectivity index (χ1v) is 9.40. The Hall–Kier alpha value is -2.34. The Kier molecular flexibility index (Phi) is 5.98. The first-order valence-electron chi connectivity index (χ1n) is 7.96. The zero-order chi connectivity index (χ0) is 17.6. The Morgan fingerprint density at radius 2 is 1.75 bits per heavy atom. The van der Waals surface area contributed by atoms with Crippen molar-refractivity contribution in [3.8, 4) is 0 Å². The molecular weight excluding hydrogens is 324 g/mol. The molecule has 0 fully saturated rings. The molecule has 0 radical (unpaired) electrons. The van der Waals surface area contributed by atoms with Crippen LogP contribution in [0.5, 0.6) is 0 Å². The van der Waals surface area contributed by atoms with Crippen molar-refractivity contribution in [3.05, 3.63) is 60.2 Å². The Bertz CT molecular complexity index is 789. The number of amides is 1. The molecule has 0 aliphatic rings. The SMILES string of the molecule is CCCNC(=O)c1cccc(S(=O)(=O)N(CC)c2ccccc2)c1. The van der Waals surface area contributed by atoms with E-state index in [1.54, 1.807) is 43.3 Å². The number of carbonyl (C=O) groups excluding carboxylic acids is 1. The number of benzene rings is 2. The number of anilines is 1. The van der Waals surface area contributed by atoms with Gasteiger partial charge in [-0.05, 0) is 43.7 Å². The van der Waals surface area contributed by atoms with Gasteiger partial charge in [0.25, 0.3) is 15.9 Å². The van der Waals surface area contributed by atoms with Gasteiger partial charge in [-0.2, -0.15) is 0 Å². The number of nitrogens with zero attached hydrogens (tertiary/aromatic N) is 1. The second-order valence-corrected chi connectivity index (χ2v) is 7.15. The Morgan fingerprint density at radius 1 is 1.04 bits per heavy atom. The molecule has 6 heteroatoms. The second-order valence-electron chi connectivity index (χ2n) is 5.29. The van der Waals surface area contributed by atoms with Crippen molar-refractivity contribution in [2.75, 3.05) is 17.4 Å². The third-order valence-electron chi connectivity index (χ3n) is 3.55. The summed E-state index contributed by atoms with van der Waals surface area (Å²) < 4.78 is 27.2. The zero-order valence-corrected chi connectivity index (χ0v) is 14.7. The number of rotatable bonds is 7. The summed E-state index contributed by atoms with van der Waals surface area (Å²) in [6.07, 6.45) is 0.821. The molecule has 0 aromatic heterocycles. The van der Waals surface area contributed by atoms with Crippen molar-refractivity contribution in [3.63, 3.8) is 0 Å². The summed E-state index contributed by atoms with van der Waals surface area (Å²) in [5.74, 6) is -0.267. The van der Waals surface area contributed by atoms with Crippen LogP contribution in [0.3, 0.4) is 0 Å². The van der Waals surface area contributed by atoms with Crippen LogP contribution in [0, 0.1) is 0 Å². The third kappa shape index (κ3) is 3.94. The average molecular weight is 346 g/mol. The maximum Gasteiger partial charge on any atom is 0.264 e. The molecule has 0 heterocycles. The molecule has 1 N–H and O–H groups in total. The number of hydrogen-bond donors (Lipinski definition) is 1. The molecule has 1 amide bonds. The van der Waals surface area contributed by atoms with Crippen LogP contribution in [0.25, 0.3) is 0 Å². The molecule has 0 aliphatic heterocycles. The molecule has 2 aromatic carbocycles. The standard InChI is InChI=1S/C18H22N2O3S/c1-3-13-19-18(21)15-9-8-12-17(14-15)24(22,23)20(4-2)16-10-6-5-7-11-16/h5-12,14H,3-4,13H2,1-2H3,(H,19,21).